The van der Waals surface area contributed by atoms with Gasteiger partial charge in [0.1, 0.15) is 0 Å². The van der Waals surface area contributed by atoms with E-state index < -0.39 is 0 Å². The topological polar surface area (TPSA) is 69.8 Å². The summed E-state index contributed by atoms with van der Waals surface area (Å²) in [5, 5.41) is 6.60. The first-order valence-corrected chi connectivity index (χ1v) is 9.00. The summed E-state index contributed by atoms with van der Waals surface area (Å²) in [5.41, 5.74) is 8.87. The van der Waals surface area contributed by atoms with E-state index in [1.165, 1.54) is 11.1 Å². The van der Waals surface area contributed by atoms with Gasteiger partial charge in [-0.3, -0.25) is 4.79 Å². The van der Waals surface area contributed by atoms with Crippen LogP contribution in [0.1, 0.15) is 40.4 Å². The van der Waals surface area contributed by atoms with Crippen LogP contribution in [0.2, 0.25) is 0 Å². The molecule has 1 unspecified atom stereocenters. The highest BCUT2D eigenvalue weighted by molar-refractivity contribution is 5.96. The second kappa shape index (κ2) is 5.73. The standard InChI is InChI=1S/C21H20N4O/c1-12-21(23-11-22-12)16-9-20(26)25-19-10-18-14(8-15(16)19)7-6-13-4-2-3-5-17(13)24-18/h2-5,8,10-11,16,24H,6-7,9H2,1H3,(H,22,23)(H,25,26). The van der Waals surface area contributed by atoms with Crippen molar-refractivity contribution in [1.29, 1.82) is 0 Å². The van der Waals surface area contributed by atoms with E-state index in [1.54, 1.807) is 6.33 Å². The molecule has 0 saturated carbocycles. The highest BCUT2D eigenvalue weighted by Gasteiger charge is 2.30. The zero-order chi connectivity index (χ0) is 17.7. The average Bonchev–Trinajstić information content (AvgIpc) is 2.97. The van der Waals surface area contributed by atoms with Crippen LogP contribution in [-0.2, 0) is 17.6 Å². The molecule has 2 aromatic carbocycles. The monoisotopic (exact) mass is 344 g/mol. The Morgan fingerprint density at radius 1 is 1.00 bits per heavy atom. The fourth-order valence-corrected chi connectivity index (χ4v) is 4.12. The van der Waals surface area contributed by atoms with Crippen molar-refractivity contribution in [3.63, 3.8) is 0 Å². The van der Waals surface area contributed by atoms with Gasteiger partial charge in [0.2, 0.25) is 5.91 Å². The van der Waals surface area contributed by atoms with Gasteiger partial charge in [-0.05, 0) is 48.6 Å². The molecule has 5 rings (SSSR count). The van der Waals surface area contributed by atoms with Crippen LogP contribution in [0.3, 0.4) is 0 Å². The Kier molecular flexibility index (Phi) is 3.35. The quantitative estimate of drug-likeness (QED) is 0.624. The van der Waals surface area contributed by atoms with Crippen molar-refractivity contribution in [2.45, 2.75) is 32.1 Å². The van der Waals surface area contributed by atoms with Gasteiger partial charge in [0, 0.05) is 35.1 Å². The predicted octanol–water partition coefficient (Wildman–Crippen LogP) is 4.03. The van der Waals surface area contributed by atoms with Crippen LogP contribution in [0.5, 0.6) is 0 Å². The summed E-state index contributed by atoms with van der Waals surface area (Å²) in [7, 11) is 0. The second-order valence-electron chi connectivity index (χ2n) is 7.10. The third-order valence-electron chi connectivity index (χ3n) is 5.46. The highest BCUT2D eigenvalue weighted by atomic mass is 16.1. The summed E-state index contributed by atoms with van der Waals surface area (Å²) in [6.07, 6.45) is 4.13. The number of para-hydroxylation sites is 1. The summed E-state index contributed by atoms with van der Waals surface area (Å²) in [6.45, 7) is 2.01. The van der Waals surface area contributed by atoms with Crippen LogP contribution in [-0.4, -0.2) is 15.9 Å². The summed E-state index contributed by atoms with van der Waals surface area (Å²) in [4.78, 5) is 19.9. The van der Waals surface area contributed by atoms with Crippen LogP contribution in [0.15, 0.2) is 42.7 Å². The third-order valence-corrected chi connectivity index (χ3v) is 5.46. The molecule has 1 aromatic heterocycles. The van der Waals surface area contributed by atoms with Gasteiger partial charge < -0.3 is 15.6 Å². The first kappa shape index (κ1) is 15.2. The lowest BCUT2D eigenvalue weighted by Crippen LogP contribution is -2.24. The molecule has 0 spiro atoms. The van der Waals surface area contributed by atoms with E-state index in [4.69, 9.17) is 0 Å². The summed E-state index contributed by atoms with van der Waals surface area (Å²) in [6, 6.07) is 12.7. The molecule has 3 heterocycles. The molecule has 2 aliphatic rings. The molecule has 0 radical (unpaired) electrons. The molecule has 1 atom stereocenters. The lowest BCUT2D eigenvalue weighted by Gasteiger charge is -2.27. The molecule has 5 heteroatoms. The zero-order valence-electron chi connectivity index (χ0n) is 14.6. The Balaban J connectivity index is 1.62. The Morgan fingerprint density at radius 3 is 2.69 bits per heavy atom. The summed E-state index contributed by atoms with van der Waals surface area (Å²) in [5.74, 6) is 0.0415. The number of hydrogen-bond donors (Lipinski definition) is 3. The van der Waals surface area contributed by atoms with Crippen LogP contribution in [0, 0.1) is 6.92 Å². The minimum atomic E-state index is 0.000860. The van der Waals surface area contributed by atoms with Crippen LogP contribution >= 0.6 is 0 Å². The first-order chi connectivity index (χ1) is 12.7. The molecule has 130 valence electrons. The van der Waals surface area contributed by atoms with Crippen LogP contribution in [0.25, 0.3) is 0 Å². The predicted molar refractivity (Wildman–Crippen MR) is 102 cm³/mol. The number of aryl methyl sites for hydroxylation is 3. The van der Waals surface area contributed by atoms with Gasteiger partial charge in [-0.25, -0.2) is 4.98 Å². The molecular weight excluding hydrogens is 324 g/mol. The van der Waals surface area contributed by atoms with Crippen molar-refractivity contribution in [2.24, 2.45) is 0 Å². The van der Waals surface area contributed by atoms with E-state index in [-0.39, 0.29) is 11.8 Å². The van der Waals surface area contributed by atoms with Crippen molar-refractivity contribution in [3.05, 3.63) is 70.8 Å². The Bertz CT molecular complexity index is 1020. The van der Waals surface area contributed by atoms with Crippen molar-refractivity contribution in [2.75, 3.05) is 10.6 Å². The number of nitrogens with zero attached hydrogens (tertiary/aromatic N) is 1. The number of aromatic amines is 1. The van der Waals surface area contributed by atoms with E-state index in [0.29, 0.717) is 6.42 Å². The Morgan fingerprint density at radius 2 is 1.85 bits per heavy atom. The molecule has 1 amide bonds. The SMILES string of the molecule is Cc1[nH]cnc1C1CC(=O)Nc2cc3c(cc21)CCc1ccccc1N3. The highest BCUT2D eigenvalue weighted by Crippen LogP contribution is 2.42. The summed E-state index contributed by atoms with van der Waals surface area (Å²) >= 11 is 0. The van der Waals surface area contributed by atoms with Crippen LogP contribution < -0.4 is 10.6 Å². The fraction of sp³-hybridized carbons (Fsp3) is 0.238. The summed E-state index contributed by atoms with van der Waals surface area (Å²) < 4.78 is 0. The molecule has 2 aliphatic heterocycles. The smallest absolute Gasteiger partial charge is 0.225 e. The van der Waals surface area contributed by atoms with Gasteiger partial charge in [-0.2, -0.15) is 0 Å². The van der Waals surface area contributed by atoms with Gasteiger partial charge in [-0.15, -0.1) is 0 Å². The molecule has 0 bridgehead atoms. The number of aromatic nitrogens is 2. The minimum absolute atomic E-state index is 0.000860. The van der Waals surface area contributed by atoms with E-state index in [1.807, 2.05) is 13.0 Å². The second-order valence-corrected chi connectivity index (χ2v) is 7.10. The van der Waals surface area contributed by atoms with Gasteiger partial charge in [0.05, 0.1) is 12.0 Å². The van der Waals surface area contributed by atoms with Crippen LogP contribution in [0.4, 0.5) is 17.1 Å². The number of carbonyl (C=O) groups excluding carboxylic acids is 1. The zero-order valence-corrected chi connectivity index (χ0v) is 14.6. The molecule has 26 heavy (non-hydrogen) atoms. The van der Waals surface area contributed by atoms with E-state index in [2.05, 4.69) is 50.9 Å². The number of nitrogens with one attached hydrogen (secondary N) is 3. The molecule has 5 nitrogen and oxygen atoms in total. The van der Waals surface area contributed by atoms with Gasteiger partial charge >= 0.3 is 0 Å². The van der Waals surface area contributed by atoms with E-state index >= 15 is 0 Å². The third kappa shape index (κ3) is 2.39. The largest absolute Gasteiger partial charge is 0.355 e. The number of H-pyrrole nitrogens is 1. The van der Waals surface area contributed by atoms with Crippen molar-refractivity contribution < 1.29 is 4.79 Å². The van der Waals surface area contributed by atoms with Gasteiger partial charge in [0.15, 0.2) is 0 Å². The lowest BCUT2D eigenvalue weighted by atomic mass is 9.85. The molecule has 0 fully saturated rings. The number of fused-ring (bicyclic) bond motifs is 3. The minimum Gasteiger partial charge on any atom is -0.355 e. The van der Waals surface area contributed by atoms with Gasteiger partial charge in [-0.1, -0.05) is 24.3 Å². The van der Waals surface area contributed by atoms with Crippen molar-refractivity contribution in [3.8, 4) is 0 Å². The maximum absolute atomic E-state index is 12.3. The Hall–Kier alpha value is -3.08. The number of rotatable bonds is 1. The number of carbonyl (C=O) groups is 1. The average molecular weight is 344 g/mol. The van der Waals surface area contributed by atoms with E-state index in [0.717, 1.165) is 46.9 Å². The fourth-order valence-electron chi connectivity index (χ4n) is 4.12. The Labute approximate surface area is 151 Å². The maximum atomic E-state index is 12.3. The number of hydrogen-bond acceptors (Lipinski definition) is 3. The number of amides is 1. The molecule has 0 aliphatic carbocycles. The lowest BCUT2D eigenvalue weighted by molar-refractivity contribution is -0.116. The van der Waals surface area contributed by atoms with Crippen molar-refractivity contribution >= 4 is 23.0 Å². The molecular formula is C21H20N4O. The molecule has 3 aromatic rings. The first-order valence-electron chi connectivity index (χ1n) is 9.00. The molecule has 3 N–H and O–H groups in total. The molecule has 0 saturated heterocycles. The maximum Gasteiger partial charge on any atom is 0.225 e. The number of benzene rings is 2. The van der Waals surface area contributed by atoms with E-state index in [9.17, 15) is 4.79 Å². The number of anilines is 3. The number of imidazole rings is 1. The van der Waals surface area contributed by atoms with Gasteiger partial charge in [0.25, 0.3) is 0 Å². The normalized spacial score (nSPS) is 18.0. The van der Waals surface area contributed by atoms with Crippen molar-refractivity contribution in [1.82, 2.24) is 9.97 Å².